The van der Waals surface area contributed by atoms with E-state index in [1.54, 1.807) is 24.3 Å². The van der Waals surface area contributed by atoms with Crippen LogP contribution in [0, 0.1) is 0 Å². The van der Waals surface area contributed by atoms with E-state index in [-0.39, 0.29) is 19.0 Å². The Balaban J connectivity index is 1.79. The molecule has 2 heterocycles. The van der Waals surface area contributed by atoms with E-state index in [4.69, 9.17) is 11.6 Å². The summed E-state index contributed by atoms with van der Waals surface area (Å²) in [4.78, 5) is 12.2. The number of hydrogen-bond donors (Lipinski definition) is 2. The number of sulfonamides is 1. The molecular formula is C13H13ClN4O3S. The molecule has 1 aromatic carbocycles. The zero-order chi connectivity index (χ0) is 15.9. The summed E-state index contributed by atoms with van der Waals surface area (Å²) in [6.45, 7) is 0.429. The number of anilines is 1. The van der Waals surface area contributed by atoms with Gasteiger partial charge in [0, 0.05) is 22.7 Å². The second-order valence-electron chi connectivity index (χ2n) is 5.02. The summed E-state index contributed by atoms with van der Waals surface area (Å²) >= 11 is 5.78. The number of benzene rings is 1. The average Bonchev–Trinajstić information content (AvgIpc) is 3.01. The SMILES string of the molecule is CS(=O)(=O)N1Cc2[nH]nc(NC(=O)c3ccc(Cl)cc3)c2C1. The minimum atomic E-state index is -3.28. The number of H-pyrrole nitrogens is 1. The summed E-state index contributed by atoms with van der Waals surface area (Å²) in [5, 5.41) is 10.0. The van der Waals surface area contributed by atoms with Crippen molar-refractivity contribution in [2.24, 2.45) is 0 Å². The van der Waals surface area contributed by atoms with E-state index >= 15 is 0 Å². The first-order valence-electron chi connectivity index (χ1n) is 6.43. The Hall–Kier alpha value is -1.90. The predicted octanol–water partition coefficient (Wildman–Crippen LogP) is 1.59. The monoisotopic (exact) mass is 340 g/mol. The molecular weight excluding hydrogens is 328 g/mol. The molecule has 0 radical (unpaired) electrons. The van der Waals surface area contributed by atoms with Gasteiger partial charge in [0.25, 0.3) is 5.91 Å². The number of hydrogen-bond acceptors (Lipinski definition) is 4. The van der Waals surface area contributed by atoms with Crippen molar-refractivity contribution in [1.82, 2.24) is 14.5 Å². The lowest BCUT2D eigenvalue weighted by molar-refractivity contribution is 0.102. The zero-order valence-electron chi connectivity index (χ0n) is 11.6. The van der Waals surface area contributed by atoms with Crippen LogP contribution >= 0.6 is 11.6 Å². The molecule has 0 spiro atoms. The first kappa shape index (κ1) is 15.0. The van der Waals surface area contributed by atoms with Crippen LogP contribution in [0.4, 0.5) is 5.82 Å². The van der Waals surface area contributed by atoms with Crippen LogP contribution in [0.15, 0.2) is 24.3 Å². The average molecular weight is 341 g/mol. The van der Waals surface area contributed by atoms with Crippen LogP contribution in [0.1, 0.15) is 21.6 Å². The fraction of sp³-hybridized carbons (Fsp3) is 0.231. The third-order valence-corrected chi connectivity index (χ3v) is 4.88. The Morgan fingerprint density at radius 3 is 2.64 bits per heavy atom. The fourth-order valence-electron chi connectivity index (χ4n) is 2.23. The molecule has 0 unspecified atom stereocenters. The van der Waals surface area contributed by atoms with Gasteiger partial charge in [-0.25, -0.2) is 8.42 Å². The van der Waals surface area contributed by atoms with E-state index in [0.29, 0.717) is 27.7 Å². The van der Waals surface area contributed by atoms with Gasteiger partial charge >= 0.3 is 0 Å². The highest BCUT2D eigenvalue weighted by molar-refractivity contribution is 7.88. The van der Waals surface area contributed by atoms with E-state index < -0.39 is 10.0 Å². The third-order valence-electron chi connectivity index (χ3n) is 3.43. The van der Waals surface area contributed by atoms with Crippen molar-refractivity contribution in [3.8, 4) is 0 Å². The Labute approximate surface area is 132 Å². The highest BCUT2D eigenvalue weighted by atomic mass is 35.5. The summed E-state index contributed by atoms with van der Waals surface area (Å²) in [7, 11) is -3.28. The molecule has 1 aromatic heterocycles. The summed E-state index contributed by atoms with van der Waals surface area (Å²) in [6, 6.07) is 6.45. The standard InChI is InChI=1S/C13H13ClN4O3S/c1-22(20,21)18-6-10-11(7-18)16-17-12(10)15-13(19)8-2-4-9(14)5-3-8/h2-5H,6-7H2,1H3,(H2,15,16,17,19). The number of nitrogens with one attached hydrogen (secondary N) is 2. The van der Waals surface area contributed by atoms with Gasteiger partial charge in [0.05, 0.1) is 18.5 Å². The van der Waals surface area contributed by atoms with Crippen molar-refractivity contribution >= 4 is 33.3 Å². The van der Waals surface area contributed by atoms with Crippen molar-refractivity contribution in [3.63, 3.8) is 0 Å². The van der Waals surface area contributed by atoms with Crippen molar-refractivity contribution in [3.05, 3.63) is 46.1 Å². The van der Waals surface area contributed by atoms with E-state index in [2.05, 4.69) is 15.5 Å². The summed E-state index contributed by atoms with van der Waals surface area (Å²) in [5.74, 6) is 0.0184. The number of fused-ring (bicyclic) bond motifs is 1. The fourth-order valence-corrected chi connectivity index (χ4v) is 3.08. The van der Waals surface area contributed by atoms with E-state index in [1.807, 2.05) is 0 Å². The van der Waals surface area contributed by atoms with E-state index in [9.17, 15) is 13.2 Å². The van der Waals surface area contributed by atoms with Crippen LogP contribution in [0.25, 0.3) is 0 Å². The quantitative estimate of drug-likeness (QED) is 0.887. The van der Waals surface area contributed by atoms with Gasteiger partial charge in [0.1, 0.15) is 0 Å². The molecule has 7 nitrogen and oxygen atoms in total. The Morgan fingerprint density at radius 2 is 2.00 bits per heavy atom. The number of aromatic amines is 1. The molecule has 3 rings (SSSR count). The van der Waals surface area contributed by atoms with Crippen LogP contribution in [0.3, 0.4) is 0 Å². The lowest BCUT2D eigenvalue weighted by Gasteiger charge is -2.11. The molecule has 1 aliphatic rings. The first-order chi connectivity index (χ1) is 10.3. The Bertz CT molecular complexity index is 829. The minimum absolute atomic E-state index is 0.195. The Morgan fingerprint density at radius 1 is 1.32 bits per heavy atom. The van der Waals surface area contributed by atoms with Crippen molar-refractivity contribution in [1.29, 1.82) is 0 Å². The van der Waals surface area contributed by atoms with Crippen molar-refractivity contribution in [2.45, 2.75) is 13.1 Å². The lowest BCUT2D eigenvalue weighted by Crippen LogP contribution is -2.24. The van der Waals surface area contributed by atoms with Gasteiger partial charge in [-0.1, -0.05) is 11.6 Å². The number of aromatic nitrogens is 2. The highest BCUT2D eigenvalue weighted by Gasteiger charge is 2.30. The molecule has 0 bridgehead atoms. The number of carbonyl (C=O) groups excluding carboxylic acids is 1. The van der Waals surface area contributed by atoms with Crippen molar-refractivity contribution < 1.29 is 13.2 Å². The van der Waals surface area contributed by atoms with Gasteiger partial charge in [0.15, 0.2) is 5.82 Å². The molecule has 2 aromatic rings. The number of carbonyl (C=O) groups is 1. The number of amides is 1. The Kier molecular flexibility index (Phi) is 3.67. The van der Waals surface area contributed by atoms with Gasteiger partial charge in [-0.15, -0.1) is 0 Å². The van der Waals surface area contributed by atoms with E-state index in [0.717, 1.165) is 6.26 Å². The molecule has 1 amide bonds. The molecule has 0 saturated carbocycles. The molecule has 0 aliphatic carbocycles. The first-order valence-corrected chi connectivity index (χ1v) is 8.65. The smallest absolute Gasteiger partial charge is 0.256 e. The van der Waals surface area contributed by atoms with Gasteiger partial charge in [-0.3, -0.25) is 9.89 Å². The summed E-state index contributed by atoms with van der Waals surface area (Å²) in [6.07, 6.45) is 1.15. The van der Waals surface area contributed by atoms with Gasteiger partial charge in [-0.05, 0) is 24.3 Å². The maximum absolute atomic E-state index is 12.2. The number of halogens is 1. The molecule has 1 aliphatic heterocycles. The second-order valence-corrected chi connectivity index (χ2v) is 7.44. The van der Waals surface area contributed by atoms with Crippen LogP contribution < -0.4 is 5.32 Å². The van der Waals surface area contributed by atoms with Gasteiger partial charge in [0.2, 0.25) is 10.0 Å². The van der Waals surface area contributed by atoms with Crippen LogP contribution in [0.2, 0.25) is 5.02 Å². The summed E-state index contributed by atoms with van der Waals surface area (Å²) < 4.78 is 24.5. The largest absolute Gasteiger partial charge is 0.305 e. The topological polar surface area (TPSA) is 95.2 Å². The molecule has 0 fully saturated rings. The summed E-state index contributed by atoms with van der Waals surface area (Å²) in [5.41, 5.74) is 1.82. The zero-order valence-corrected chi connectivity index (χ0v) is 13.2. The molecule has 9 heteroatoms. The molecule has 116 valence electrons. The van der Waals surface area contributed by atoms with E-state index in [1.165, 1.54) is 4.31 Å². The number of nitrogens with zero attached hydrogens (tertiary/aromatic N) is 2. The maximum Gasteiger partial charge on any atom is 0.256 e. The molecule has 2 N–H and O–H groups in total. The third kappa shape index (κ3) is 2.85. The predicted molar refractivity (Wildman–Crippen MR) is 82.1 cm³/mol. The molecule has 22 heavy (non-hydrogen) atoms. The van der Waals surface area contributed by atoms with Gasteiger partial charge < -0.3 is 5.32 Å². The van der Waals surface area contributed by atoms with Crippen LogP contribution in [-0.2, 0) is 23.1 Å². The molecule has 0 saturated heterocycles. The lowest BCUT2D eigenvalue weighted by atomic mass is 10.2. The second kappa shape index (κ2) is 5.38. The van der Waals surface area contributed by atoms with Gasteiger partial charge in [-0.2, -0.15) is 9.40 Å². The maximum atomic E-state index is 12.2. The van der Waals surface area contributed by atoms with Crippen LogP contribution in [-0.4, -0.2) is 35.1 Å². The number of rotatable bonds is 3. The van der Waals surface area contributed by atoms with Crippen LogP contribution in [0.5, 0.6) is 0 Å². The highest BCUT2D eigenvalue weighted by Crippen LogP contribution is 2.28. The minimum Gasteiger partial charge on any atom is -0.305 e. The molecule has 0 atom stereocenters. The van der Waals surface area contributed by atoms with Crippen molar-refractivity contribution in [2.75, 3.05) is 11.6 Å². The normalized spacial score (nSPS) is 14.8.